The van der Waals surface area contributed by atoms with Gasteiger partial charge in [-0.1, -0.05) is 18.2 Å². The molecule has 0 saturated carbocycles. The molecule has 1 fully saturated rings. The van der Waals surface area contributed by atoms with Crippen molar-refractivity contribution < 1.29 is 18.3 Å². The zero-order valence-electron chi connectivity index (χ0n) is 21.1. The van der Waals surface area contributed by atoms with Crippen LogP contribution in [0.1, 0.15) is 61.4 Å². The lowest BCUT2D eigenvalue weighted by Gasteiger charge is -2.40. The number of hydrogen-bond acceptors (Lipinski definition) is 6. The number of aryl methyl sites for hydroxylation is 1. The number of carbonyl (C=O) groups is 1. The number of halogens is 2. The molecule has 1 atom stereocenters. The zero-order valence-corrected chi connectivity index (χ0v) is 21.1. The number of aromatic nitrogens is 3. The summed E-state index contributed by atoms with van der Waals surface area (Å²) >= 11 is 0. The molecule has 0 bridgehead atoms. The Labute approximate surface area is 208 Å². The number of piperidine rings is 1. The Morgan fingerprint density at radius 2 is 1.86 bits per heavy atom. The fourth-order valence-corrected chi connectivity index (χ4v) is 5.14. The molecule has 1 amide bonds. The lowest BCUT2D eigenvalue weighted by Crippen LogP contribution is -2.48. The van der Waals surface area contributed by atoms with E-state index in [1.54, 1.807) is 38.1 Å². The number of rotatable bonds is 6. The Kier molecular flexibility index (Phi) is 7.08. The minimum atomic E-state index is -2.56. The predicted octanol–water partition coefficient (Wildman–Crippen LogP) is 4.23. The molecule has 0 aliphatic carbocycles. The minimum absolute atomic E-state index is 0.00248. The largest absolute Gasteiger partial charge is 0.373 e. The number of ether oxygens (including phenoxy) is 1. The maximum absolute atomic E-state index is 13.4. The van der Waals surface area contributed by atoms with Gasteiger partial charge in [0.1, 0.15) is 23.4 Å². The predicted molar refractivity (Wildman–Crippen MR) is 133 cm³/mol. The van der Waals surface area contributed by atoms with E-state index in [2.05, 4.69) is 15.3 Å². The highest BCUT2D eigenvalue weighted by Crippen LogP contribution is 2.37. The lowest BCUT2D eigenvalue weighted by molar-refractivity contribution is -0.135. The highest BCUT2D eigenvalue weighted by Gasteiger charge is 2.40. The second-order valence-electron chi connectivity index (χ2n) is 9.31. The van der Waals surface area contributed by atoms with Gasteiger partial charge in [0.25, 0.3) is 12.0 Å². The summed E-state index contributed by atoms with van der Waals surface area (Å²) in [5, 5.41) is 3.95. The molecule has 36 heavy (non-hydrogen) atoms. The number of amides is 1. The zero-order chi connectivity index (χ0) is 26.2. The van der Waals surface area contributed by atoms with E-state index in [4.69, 9.17) is 4.74 Å². The van der Waals surface area contributed by atoms with Gasteiger partial charge in [-0.15, -0.1) is 0 Å². The van der Waals surface area contributed by atoms with Crippen molar-refractivity contribution in [1.29, 1.82) is 0 Å². The molecule has 192 valence electrons. The Morgan fingerprint density at radius 1 is 1.19 bits per heavy atom. The number of hydrogen-bond donors (Lipinski definition) is 1. The van der Waals surface area contributed by atoms with Gasteiger partial charge in [0.2, 0.25) is 5.91 Å². The Bertz CT molecular complexity index is 1350. The number of pyridine rings is 1. The van der Waals surface area contributed by atoms with Crippen molar-refractivity contribution in [3.05, 3.63) is 63.2 Å². The standard InChI is InChI=1S/C26H31F2N5O3/c1-15-18(7-6-8-19(15)22(27)28)16(2)31-23-20-13-21(25(35)32(4)24(20)30-14-29-23)26(36-5)9-11-33(12-10-26)17(3)34/h6-8,13-14,16,22H,9-12H2,1-5H3,(H,29,30,31)/t16-/m1/s1. The van der Waals surface area contributed by atoms with Crippen LogP contribution in [-0.2, 0) is 22.2 Å². The molecule has 8 nitrogen and oxygen atoms in total. The monoisotopic (exact) mass is 499 g/mol. The van der Waals surface area contributed by atoms with E-state index < -0.39 is 12.0 Å². The maximum atomic E-state index is 13.4. The number of carbonyl (C=O) groups excluding carboxylic acids is 1. The molecule has 1 aliphatic rings. The van der Waals surface area contributed by atoms with E-state index in [0.29, 0.717) is 53.9 Å². The van der Waals surface area contributed by atoms with Crippen LogP contribution in [0.15, 0.2) is 35.4 Å². The van der Waals surface area contributed by atoms with E-state index in [0.717, 1.165) is 5.56 Å². The first-order valence-electron chi connectivity index (χ1n) is 11.9. The quantitative estimate of drug-likeness (QED) is 0.546. The van der Waals surface area contributed by atoms with Crippen molar-refractivity contribution >= 4 is 22.8 Å². The normalized spacial score (nSPS) is 16.4. The van der Waals surface area contributed by atoms with Gasteiger partial charge >= 0.3 is 0 Å². The van der Waals surface area contributed by atoms with Crippen LogP contribution in [0, 0.1) is 6.92 Å². The van der Waals surface area contributed by atoms with E-state index in [-0.39, 0.29) is 23.1 Å². The molecule has 1 saturated heterocycles. The van der Waals surface area contributed by atoms with Gasteiger partial charge in [0.05, 0.1) is 17.0 Å². The SMILES string of the molecule is COC1(c2cc3c(N[C@H](C)c4cccc(C(F)F)c4C)ncnc3n(C)c2=O)CCN(C(C)=O)CC1. The van der Waals surface area contributed by atoms with Crippen LogP contribution in [0.2, 0.25) is 0 Å². The van der Waals surface area contributed by atoms with Crippen molar-refractivity contribution in [3.8, 4) is 0 Å². The fraction of sp³-hybridized carbons (Fsp3) is 0.462. The Balaban J connectivity index is 1.77. The number of methoxy groups -OCH3 is 1. The van der Waals surface area contributed by atoms with Crippen LogP contribution in [-0.4, -0.2) is 45.5 Å². The summed E-state index contributed by atoms with van der Waals surface area (Å²) in [6.45, 7) is 6.06. The fourth-order valence-electron chi connectivity index (χ4n) is 5.14. The van der Waals surface area contributed by atoms with Crippen molar-refractivity contribution in [3.63, 3.8) is 0 Å². The molecule has 10 heteroatoms. The molecular formula is C26H31F2N5O3. The number of nitrogens with zero attached hydrogens (tertiary/aromatic N) is 4. The van der Waals surface area contributed by atoms with Crippen LogP contribution in [0.4, 0.5) is 14.6 Å². The molecule has 1 aliphatic heterocycles. The second-order valence-corrected chi connectivity index (χ2v) is 9.31. The minimum Gasteiger partial charge on any atom is -0.373 e. The molecule has 0 unspecified atom stereocenters. The molecule has 1 aromatic carbocycles. The smallest absolute Gasteiger partial charge is 0.264 e. The number of anilines is 1. The van der Waals surface area contributed by atoms with Gasteiger partial charge in [-0.2, -0.15) is 0 Å². The van der Waals surface area contributed by atoms with E-state index in [9.17, 15) is 18.4 Å². The number of fused-ring (bicyclic) bond motifs is 1. The van der Waals surface area contributed by atoms with Crippen molar-refractivity contribution in [2.75, 3.05) is 25.5 Å². The summed E-state index contributed by atoms with van der Waals surface area (Å²) in [6.07, 6.45) is -0.225. The van der Waals surface area contributed by atoms with Crippen LogP contribution in [0.3, 0.4) is 0 Å². The maximum Gasteiger partial charge on any atom is 0.264 e. The first kappa shape index (κ1) is 25.7. The molecule has 2 aromatic heterocycles. The summed E-state index contributed by atoms with van der Waals surface area (Å²) in [5.41, 5.74) is 1.10. The Morgan fingerprint density at radius 3 is 2.47 bits per heavy atom. The molecule has 3 heterocycles. The van der Waals surface area contributed by atoms with Crippen LogP contribution in [0.5, 0.6) is 0 Å². The number of benzene rings is 1. The highest BCUT2D eigenvalue weighted by molar-refractivity contribution is 5.87. The molecular weight excluding hydrogens is 468 g/mol. The lowest BCUT2D eigenvalue weighted by atomic mass is 9.84. The summed E-state index contributed by atoms with van der Waals surface area (Å²) in [6, 6.07) is 6.30. The first-order valence-corrected chi connectivity index (χ1v) is 11.9. The molecule has 3 aromatic rings. The number of alkyl halides is 2. The van der Waals surface area contributed by atoms with E-state index in [1.165, 1.54) is 23.9 Å². The number of nitrogens with one attached hydrogen (secondary N) is 1. The molecule has 4 rings (SSSR count). The van der Waals surface area contributed by atoms with Crippen LogP contribution in [0.25, 0.3) is 11.0 Å². The third-order valence-electron chi connectivity index (χ3n) is 7.37. The average Bonchev–Trinajstić information content (AvgIpc) is 2.86. The van der Waals surface area contributed by atoms with Gasteiger partial charge in [-0.3, -0.25) is 14.2 Å². The van der Waals surface area contributed by atoms with Gasteiger partial charge in [-0.25, -0.2) is 18.7 Å². The molecule has 0 spiro atoms. The van der Waals surface area contributed by atoms with Crippen LogP contribution < -0.4 is 10.9 Å². The van der Waals surface area contributed by atoms with Gasteiger partial charge < -0.3 is 15.0 Å². The highest BCUT2D eigenvalue weighted by atomic mass is 19.3. The summed E-state index contributed by atoms with van der Waals surface area (Å²) in [5.74, 6) is 0.477. The topological polar surface area (TPSA) is 89.3 Å². The van der Waals surface area contributed by atoms with Crippen molar-refractivity contribution in [2.24, 2.45) is 7.05 Å². The van der Waals surface area contributed by atoms with Gasteiger partial charge in [0.15, 0.2) is 0 Å². The summed E-state index contributed by atoms with van der Waals surface area (Å²) in [7, 11) is 3.23. The second kappa shape index (κ2) is 9.93. The molecule has 0 radical (unpaired) electrons. The van der Waals surface area contributed by atoms with Crippen molar-refractivity contribution in [1.82, 2.24) is 19.4 Å². The molecule has 1 N–H and O–H groups in total. The van der Waals surface area contributed by atoms with Gasteiger partial charge in [-0.05, 0) is 43.9 Å². The Hall–Kier alpha value is -3.40. The third kappa shape index (κ3) is 4.45. The first-order chi connectivity index (χ1) is 17.1. The van der Waals surface area contributed by atoms with Gasteiger partial charge in [0, 0.05) is 39.7 Å². The van der Waals surface area contributed by atoms with E-state index >= 15 is 0 Å². The van der Waals surface area contributed by atoms with Crippen molar-refractivity contribution in [2.45, 2.75) is 51.7 Å². The number of likely N-dealkylation sites (tertiary alicyclic amines) is 1. The summed E-state index contributed by atoms with van der Waals surface area (Å²) in [4.78, 5) is 35.7. The summed E-state index contributed by atoms with van der Waals surface area (Å²) < 4.78 is 34.3. The third-order valence-corrected chi connectivity index (χ3v) is 7.37. The van der Waals surface area contributed by atoms with Crippen LogP contribution >= 0.6 is 0 Å². The van der Waals surface area contributed by atoms with E-state index in [1.807, 2.05) is 13.0 Å². The average molecular weight is 500 g/mol.